The van der Waals surface area contributed by atoms with Crippen molar-refractivity contribution in [2.24, 2.45) is 0 Å². The van der Waals surface area contributed by atoms with Gasteiger partial charge in [-0.25, -0.2) is 0 Å². The number of piperidine rings is 1. The average Bonchev–Trinajstić information content (AvgIpc) is 2.78. The van der Waals surface area contributed by atoms with Crippen LogP contribution in [0.4, 0.5) is 13.2 Å². The number of likely N-dealkylation sites (tertiary alicyclic amines) is 1. The van der Waals surface area contributed by atoms with E-state index in [2.05, 4.69) is 15.5 Å². The molecule has 0 unspecified atom stereocenters. The highest BCUT2D eigenvalue weighted by molar-refractivity contribution is 5.94. The Hall–Kier alpha value is -3.13. The molecule has 0 spiro atoms. The van der Waals surface area contributed by atoms with Crippen molar-refractivity contribution < 1.29 is 22.8 Å². The molecule has 0 radical (unpaired) electrons. The Balaban J connectivity index is 1.37. The number of amides is 2. The van der Waals surface area contributed by atoms with Crippen LogP contribution in [-0.2, 0) is 22.3 Å². The molecule has 3 rings (SSSR count). The van der Waals surface area contributed by atoms with Crippen molar-refractivity contribution in [3.8, 4) is 0 Å². The van der Waals surface area contributed by atoms with Gasteiger partial charge in [0.15, 0.2) is 0 Å². The molecule has 0 bridgehead atoms. The van der Waals surface area contributed by atoms with Gasteiger partial charge in [-0.1, -0.05) is 48.5 Å². The molecule has 170 valence electrons. The van der Waals surface area contributed by atoms with E-state index in [1.165, 1.54) is 18.2 Å². The van der Waals surface area contributed by atoms with Gasteiger partial charge in [0.25, 0.3) is 0 Å². The number of hydrogen-bond donors (Lipinski definition) is 2. The molecule has 2 amide bonds. The lowest BCUT2D eigenvalue weighted by atomic mass is 10.0. The molecule has 0 saturated carbocycles. The molecule has 1 aliphatic heterocycles. The highest BCUT2D eigenvalue weighted by Crippen LogP contribution is 2.30. The summed E-state index contributed by atoms with van der Waals surface area (Å²) in [5.41, 5.74) is 0.871. The van der Waals surface area contributed by atoms with Gasteiger partial charge in [-0.3, -0.25) is 14.5 Å². The van der Waals surface area contributed by atoms with Crippen LogP contribution in [0.5, 0.6) is 0 Å². The highest BCUT2D eigenvalue weighted by atomic mass is 19.4. The monoisotopic (exact) mass is 445 g/mol. The second kappa shape index (κ2) is 10.9. The Bertz CT molecular complexity index is 937. The number of nitrogens with one attached hydrogen (secondary N) is 2. The summed E-state index contributed by atoms with van der Waals surface area (Å²) in [6.07, 6.45) is 0.112. The topological polar surface area (TPSA) is 61.4 Å². The Labute approximate surface area is 185 Å². The van der Waals surface area contributed by atoms with Crippen molar-refractivity contribution in [2.75, 3.05) is 19.6 Å². The fourth-order valence-corrected chi connectivity index (χ4v) is 3.58. The molecule has 0 aromatic heterocycles. The van der Waals surface area contributed by atoms with Crippen molar-refractivity contribution in [1.29, 1.82) is 0 Å². The number of halogens is 3. The molecular formula is C24H26F3N3O2. The largest absolute Gasteiger partial charge is 0.416 e. The van der Waals surface area contributed by atoms with Crippen molar-refractivity contribution in [2.45, 2.75) is 31.6 Å². The fraction of sp³-hybridized carbons (Fsp3) is 0.333. The van der Waals surface area contributed by atoms with Crippen molar-refractivity contribution in [3.05, 3.63) is 77.4 Å². The van der Waals surface area contributed by atoms with E-state index in [-0.39, 0.29) is 24.4 Å². The summed E-state index contributed by atoms with van der Waals surface area (Å²) < 4.78 is 38.6. The second-order valence-electron chi connectivity index (χ2n) is 7.78. The third-order valence-electron chi connectivity index (χ3n) is 5.26. The summed E-state index contributed by atoms with van der Waals surface area (Å²) in [5.74, 6) is -0.609. The Morgan fingerprint density at radius 2 is 1.75 bits per heavy atom. The van der Waals surface area contributed by atoms with E-state index in [9.17, 15) is 22.8 Å². The van der Waals surface area contributed by atoms with Gasteiger partial charge in [0.2, 0.25) is 11.8 Å². The number of carbonyl (C=O) groups excluding carboxylic acids is 2. The van der Waals surface area contributed by atoms with Gasteiger partial charge in [0, 0.05) is 31.8 Å². The second-order valence-corrected chi connectivity index (χ2v) is 7.78. The van der Waals surface area contributed by atoms with Crippen LogP contribution in [0.15, 0.2) is 60.7 Å². The van der Waals surface area contributed by atoms with Gasteiger partial charge in [0.05, 0.1) is 12.1 Å². The highest BCUT2D eigenvalue weighted by Gasteiger charge is 2.30. The molecule has 2 aromatic rings. The summed E-state index contributed by atoms with van der Waals surface area (Å²) in [5, 5.41) is 5.47. The minimum Gasteiger partial charge on any atom is -0.352 e. The normalized spacial score (nSPS) is 15.6. The van der Waals surface area contributed by atoms with Crippen LogP contribution < -0.4 is 10.6 Å². The zero-order valence-corrected chi connectivity index (χ0v) is 17.6. The van der Waals surface area contributed by atoms with Crippen LogP contribution >= 0.6 is 0 Å². The van der Waals surface area contributed by atoms with Gasteiger partial charge in [-0.15, -0.1) is 0 Å². The predicted molar refractivity (Wildman–Crippen MR) is 116 cm³/mol. The summed E-state index contributed by atoms with van der Waals surface area (Å²) in [7, 11) is 0. The van der Waals surface area contributed by atoms with Crippen LogP contribution in [-0.4, -0.2) is 42.4 Å². The van der Waals surface area contributed by atoms with E-state index in [4.69, 9.17) is 0 Å². The zero-order valence-electron chi connectivity index (χ0n) is 17.6. The molecule has 32 heavy (non-hydrogen) atoms. The maximum absolute atomic E-state index is 12.9. The number of rotatable bonds is 7. The number of benzene rings is 2. The molecule has 0 aliphatic carbocycles. The molecule has 0 atom stereocenters. The third-order valence-corrected chi connectivity index (χ3v) is 5.26. The lowest BCUT2D eigenvalue weighted by molar-refractivity contribution is -0.137. The van der Waals surface area contributed by atoms with Crippen LogP contribution in [0, 0.1) is 0 Å². The quantitative estimate of drug-likeness (QED) is 0.640. The number of alkyl halides is 3. The standard InChI is InChI=1S/C24H26F3N3O2/c25-24(26,27)20-8-4-7-19(15-20)17-30-13-11-21(12-14-30)29-23(32)16-28-22(31)10-9-18-5-2-1-3-6-18/h1-10,15,21H,11-14,16-17H2,(H,28,31)(H,29,32)/b10-9+. The average molecular weight is 445 g/mol. The number of carbonyl (C=O) groups is 2. The van der Waals surface area contributed by atoms with Crippen LogP contribution in [0.2, 0.25) is 0 Å². The third kappa shape index (κ3) is 7.53. The Morgan fingerprint density at radius 3 is 2.44 bits per heavy atom. The summed E-state index contributed by atoms with van der Waals surface area (Å²) in [4.78, 5) is 26.1. The minimum atomic E-state index is -4.35. The van der Waals surface area contributed by atoms with Gasteiger partial charge in [-0.2, -0.15) is 13.2 Å². The first-order valence-corrected chi connectivity index (χ1v) is 10.5. The van der Waals surface area contributed by atoms with E-state index in [1.807, 2.05) is 30.3 Å². The first-order chi connectivity index (χ1) is 15.3. The molecule has 2 aromatic carbocycles. The maximum Gasteiger partial charge on any atom is 0.416 e. The summed E-state index contributed by atoms with van der Waals surface area (Å²) in [6.45, 7) is 1.68. The first kappa shape index (κ1) is 23.5. The molecule has 1 saturated heterocycles. The lowest BCUT2D eigenvalue weighted by Gasteiger charge is -2.32. The van der Waals surface area contributed by atoms with Crippen molar-refractivity contribution >= 4 is 17.9 Å². The summed E-state index contributed by atoms with van der Waals surface area (Å²) >= 11 is 0. The zero-order chi connectivity index (χ0) is 23.0. The van der Waals surface area contributed by atoms with Gasteiger partial charge in [0.1, 0.15) is 0 Å². The Kier molecular flexibility index (Phi) is 8.05. The minimum absolute atomic E-state index is 0.0166. The van der Waals surface area contributed by atoms with Gasteiger partial charge < -0.3 is 10.6 Å². The van der Waals surface area contributed by atoms with E-state index in [0.29, 0.717) is 38.0 Å². The number of hydrogen-bond acceptors (Lipinski definition) is 3. The molecule has 5 nitrogen and oxygen atoms in total. The van der Waals surface area contributed by atoms with Crippen molar-refractivity contribution in [3.63, 3.8) is 0 Å². The van der Waals surface area contributed by atoms with Gasteiger partial charge in [-0.05, 0) is 36.1 Å². The van der Waals surface area contributed by atoms with Crippen LogP contribution in [0.3, 0.4) is 0 Å². The molecule has 1 heterocycles. The smallest absolute Gasteiger partial charge is 0.352 e. The Morgan fingerprint density at radius 1 is 1.03 bits per heavy atom. The van der Waals surface area contributed by atoms with E-state index in [1.54, 1.807) is 12.1 Å². The lowest BCUT2D eigenvalue weighted by Crippen LogP contribution is -2.47. The molecule has 8 heteroatoms. The molecule has 2 N–H and O–H groups in total. The molecule has 1 fully saturated rings. The number of nitrogens with zero attached hydrogens (tertiary/aromatic N) is 1. The predicted octanol–water partition coefficient (Wildman–Crippen LogP) is 3.62. The fourth-order valence-electron chi connectivity index (χ4n) is 3.58. The SMILES string of the molecule is O=C(/C=C/c1ccccc1)NCC(=O)NC1CCN(Cc2cccc(C(F)(F)F)c2)CC1. The molecule has 1 aliphatic rings. The van der Waals surface area contributed by atoms with E-state index < -0.39 is 11.7 Å². The maximum atomic E-state index is 12.9. The van der Waals surface area contributed by atoms with E-state index >= 15 is 0 Å². The van der Waals surface area contributed by atoms with Gasteiger partial charge >= 0.3 is 6.18 Å². The first-order valence-electron chi connectivity index (χ1n) is 10.5. The van der Waals surface area contributed by atoms with Crippen molar-refractivity contribution in [1.82, 2.24) is 15.5 Å². The summed E-state index contributed by atoms with van der Waals surface area (Å²) in [6, 6.07) is 14.7. The molecular weight excluding hydrogens is 419 g/mol. The van der Waals surface area contributed by atoms with Crippen LogP contribution in [0.1, 0.15) is 29.5 Å². The van der Waals surface area contributed by atoms with Crippen LogP contribution in [0.25, 0.3) is 6.08 Å². The van der Waals surface area contributed by atoms with E-state index in [0.717, 1.165) is 11.6 Å².